The van der Waals surface area contributed by atoms with E-state index in [0.29, 0.717) is 17.0 Å². The Balaban J connectivity index is 1.37. The average molecular weight is 440 g/mol. The van der Waals surface area contributed by atoms with Crippen molar-refractivity contribution in [3.8, 4) is 33.9 Å². The molecule has 5 heteroatoms. The largest absolute Gasteiger partial charge is 0.348 e. The summed E-state index contributed by atoms with van der Waals surface area (Å²) in [6, 6.07) is 24.5. The second-order valence-corrected chi connectivity index (χ2v) is 8.68. The zero-order valence-corrected chi connectivity index (χ0v) is 18.7. The zero-order chi connectivity index (χ0) is 22.1. The molecule has 0 aliphatic carbocycles. The number of thioether (sulfide) groups is 1. The van der Waals surface area contributed by atoms with Crippen LogP contribution in [0.2, 0.25) is 0 Å². The first kappa shape index (κ1) is 20.5. The van der Waals surface area contributed by atoms with Crippen molar-refractivity contribution in [2.24, 2.45) is 0 Å². The highest BCUT2D eigenvalue weighted by molar-refractivity contribution is 7.98. The number of fused-ring (bicyclic) bond motifs is 1. The van der Waals surface area contributed by atoms with E-state index in [0.717, 1.165) is 17.9 Å². The van der Waals surface area contributed by atoms with Gasteiger partial charge in [0, 0.05) is 23.8 Å². The summed E-state index contributed by atoms with van der Waals surface area (Å²) < 4.78 is 16.6. The molecule has 0 aromatic heterocycles. The van der Waals surface area contributed by atoms with Crippen LogP contribution >= 0.6 is 11.8 Å². The first-order valence-electron chi connectivity index (χ1n) is 10.4. The zero-order valence-electron chi connectivity index (χ0n) is 17.9. The van der Waals surface area contributed by atoms with Gasteiger partial charge < -0.3 is 4.57 Å². The molecule has 3 aromatic rings. The van der Waals surface area contributed by atoms with Gasteiger partial charge in [-0.3, -0.25) is 0 Å². The van der Waals surface area contributed by atoms with E-state index < -0.39 is 0 Å². The summed E-state index contributed by atoms with van der Waals surface area (Å²) in [5.41, 5.74) is 6.17. The molecule has 0 N–H and O–H groups in total. The van der Waals surface area contributed by atoms with Crippen molar-refractivity contribution in [3.63, 3.8) is 0 Å². The van der Waals surface area contributed by atoms with Gasteiger partial charge in [0.2, 0.25) is 0 Å². The molecule has 0 amide bonds. The molecule has 0 saturated carbocycles. The first-order valence-corrected chi connectivity index (χ1v) is 11.7. The van der Waals surface area contributed by atoms with E-state index in [1.54, 1.807) is 30.8 Å². The summed E-state index contributed by atoms with van der Waals surface area (Å²) >= 11 is 1.75. The minimum Gasteiger partial charge on any atom is -0.348 e. The Kier molecular flexibility index (Phi) is 5.50. The van der Waals surface area contributed by atoms with E-state index in [1.807, 2.05) is 24.5 Å². The molecular formula is C27H22FN3S. The molecule has 0 bridgehead atoms. The van der Waals surface area contributed by atoms with Gasteiger partial charge in [0.05, 0.1) is 11.3 Å². The molecule has 3 nitrogen and oxygen atoms in total. The monoisotopic (exact) mass is 439 g/mol. The fraction of sp³-hybridized carbons (Fsp3) is 0.111. The topological polar surface area (TPSA) is 30.7 Å². The van der Waals surface area contributed by atoms with Crippen molar-refractivity contribution in [2.45, 2.75) is 18.4 Å². The van der Waals surface area contributed by atoms with Crippen molar-refractivity contribution in [1.29, 1.82) is 0 Å². The van der Waals surface area contributed by atoms with Gasteiger partial charge in [-0.1, -0.05) is 48.5 Å². The molecule has 158 valence electrons. The minimum absolute atomic E-state index is 0.265. The molecule has 2 heterocycles. The van der Waals surface area contributed by atoms with Crippen molar-refractivity contribution >= 4 is 11.8 Å². The fourth-order valence-electron chi connectivity index (χ4n) is 3.79. The molecule has 0 radical (unpaired) electrons. The van der Waals surface area contributed by atoms with Gasteiger partial charge in [-0.05, 0) is 59.7 Å². The van der Waals surface area contributed by atoms with Crippen LogP contribution in [0, 0.1) is 12.7 Å². The van der Waals surface area contributed by atoms with Crippen LogP contribution in [0.4, 0.5) is 4.39 Å². The highest BCUT2D eigenvalue weighted by Gasteiger charge is 2.16. The summed E-state index contributed by atoms with van der Waals surface area (Å²) in [6.45, 7) is 2.47. The number of nitrogens with zero attached hydrogens (tertiary/aromatic N) is 3. The van der Waals surface area contributed by atoms with Crippen LogP contribution in [0.25, 0.3) is 33.9 Å². The van der Waals surface area contributed by atoms with Crippen molar-refractivity contribution < 1.29 is 4.39 Å². The lowest BCUT2D eigenvalue weighted by Crippen LogP contribution is -2.00. The highest BCUT2D eigenvalue weighted by atomic mass is 32.2. The lowest BCUT2D eigenvalue weighted by atomic mass is 10.0. The van der Waals surface area contributed by atoms with Crippen LogP contribution in [0.15, 0.2) is 90.1 Å². The van der Waals surface area contributed by atoms with Crippen molar-refractivity contribution in [1.82, 2.24) is 14.5 Å². The number of hydrogen-bond donors (Lipinski definition) is 0. The molecular weight excluding hydrogens is 417 g/mol. The first-order chi connectivity index (χ1) is 15.6. The van der Waals surface area contributed by atoms with E-state index in [9.17, 15) is 4.39 Å². The summed E-state index contributed by atoms with van der Waals surface area (Å²) in [5, 5.41) is 0. The second kappa shape index (κ2) is 8.60. The number of aryl methyl sites for hydroxylation is 1. The molecule has 0 unspecified atom stereocenters. The molecule has 3 aromatic carbocycles. The predicted molar refractivity (Wildman–Crippen MR) is 130 cm³/mol. The second-order valence-electron chi connectivity index (χ2n) is 7.80. The van der Waals surface area contributed by atoms with Gasteiger partial charge in [-0.15, -0.1) is 11.8 Å². The minimum atomic E-state index is -0.265. The third-order valence-electron chi connectivity index (χ3n) is 5.60. The van der Waals surface area contributed by atoms with Crippen LogP contribution in [0.1, 0.15) is 11.1 Å². The van der Waals surface area contributed by atoms with Crippen LogP contribution in [-0.4, -0.2) is 20.8 Å². The van der Waals surface area contributed by atoms with Crippen LogP contribution < -0.4 is 0 Å². The standard InChI is InChI=1S/C27H22FN3S/c1-18-4-3-5-23(26(18)28)27-29-24-14-15-31(17-25(24)30-27)16-19-6-8-20(9-7-19)21-10-12-22(32-2)13-11-21/h3-15,17H,16H2,1-2H3. The van der Waals surface area contributed by atoms with Gasteiger partial charge in [0.1, 0.15) is 11.5 Å². The number of benzene rings is 3. The molecule has 5 rings (SSSR count). The van der Waals surface area contributed by atoms with Gasteiger partial charge in [0.15, 0.2) is 5.82 Å². The van der Waals surface area contributed by atoms with E-state index in [1.165, 1.54) is 21.6 Å². The number of aromatic nitrogens is 3. The van der Waals surface area contributed by atoms with E-state index >= 15 is 0 Å². The van der Waals surface area contributed by atoms with Crippen molar-refractivity contribution in [2.75, 3.05) is 6.26 Å². The summed E-state index contributed by atoms with van der Waals surface area (Å²) in [6.07, 6.45) is 6.04. The Bertz CT molecular complexity index is 1340. The number of rotatable bonds is 5. The maximum Gasteiger partial charge on any atom is 0.163 e. The van der Waals surface area contributed by atoms with Crippen LogP contribution in [0.5, 0.6) is 0 Å². The molecule has 0 fully saturated rings. The lowest BCUT2D eigenvalue weighted by molar-refractivity contribution is 0.621. The Morgan fingerprint density at radius 3 is 2.25 bits per heavy atom. The number of hydrogen-bond acceptors (Lipinski definition) is 3. The summed E-state index contributed by atoms with van der Waals surface area (Å²) in [5.74, 6) is 0.162. The van der Waals surface area contributed by atoms with Crippen LogP contribution in [0.3, 0.4) is 0 Å². The molecule has 2 aliphatic heterocycles. The highest BCUT2D eigenvalue weighted by Crippen LogP contribution is 2.28. The Morgan fingerprint density at radius 2 is 1.53 bits per heavy atom. The quantitative estimate of drug-likeness (QED) is 0.278. The third kappa shape index (κ3) is 4.04. The number of imidazole rings is 1. The molecule has 2 aliphatic rings. The Labute approximate surface area is 191 Å². The Morgan fingerprint density at radius 1 is 0.844 bits per heavy atom. The smallest absolute Gasteiger partial charge is 0.163 e. The number of pyridine rings is 1. The number of halogens is 1. The van der Waals surface area contributed by atoms with Gasteiger partial charge in [-0.2, -0.15) is 0 Å². The average Bonchev–Trinajstić information content (AvgIpc) is 3.24. The third-order valence-corrected chi connectivity index (χ3v) is 6.35. The maximum atomic E-state index is 14.5. The fourth-order valence-corrected chi connectivity index (χ4v) is 4.20. The van der Waals surface area contributed by atoms with Crippen LogP contribution in [-0.2, 0) is 6.54 Å². The molecule has 0 spiro atoms. The molecule has 32 heavy (non-hydrogen) atoms. The van der Waals surface area contributed by atoms with Gasteiger partial charge >= 0.3 is 0 Å². The summed E-state index contributed by atoms with van der Waals surface area (Å²) in [7, 11) is 0. The van der Waals surface area contributed by atoms with Crippen molar-refractivity contribution in [3.05, 3.63) is 102 Å². The Hall–Kier alpha value is -3.44. The van der Waals surface area contributed by atoms with Gasteiger partial charge in [0.25, 0.3) is 0 Å². The van der Waals surface area contributed by atoms with E-state index in [-0.39, 0.29) is 5.82 Å². The SMILES string of the molecule is CSc1ccc(-c2ccc(Cn3ccc4nc(-c5cccc(C)c5F)nc-4c3)cc2)cc1. The summed E-state index contributed by atoms with van der Waals surface area (Å²) in [4.78, 5) is 10.4. The molecule has 0 saturated heterocycles. The lowest BCUT2D eigenvalue weighted by Gasteiger charge is -2.09. The predicted octanol–water partition coefficient (Wildman–Crippen LogP) is 6.93. The van der Waals surface area contributed by atoms with E-state index in [2.05, 4.69) is 69.3 Å². The maximum absolute atomic E-state index is 14.5. The normalized spacial score (nSPS) is 11.2. The molecule has 0 atom stereocenters. The van der Waals surface area contributed by atoms with E-state index in [4.69, 9.17) is 0 Å². The van der Waals surface area contributed by atoms with Gasteiger partial charge in [-0.25, -0.2) is 14.4 Å².